The van der Waals surface area contributed by atoms with Crippen molar-refractivity contribution >= 4 is 23.2 Å². The lowest BCUT2D eigenvalue weighted by Gasteiger charge is -2.23. The molecule has 1 N–H and O–H groups in total. The quantitative estimate of drug-likeness (QED) is 0.883. The summed E-state index contributed by atoms with van der Waals surface area (Å²) in [7, 11) is 0. The van der Waals surface area contributed by atoms with E-state index in [1.54, 1.807) is 11.8 Å². The van der Waals surface area contributed by atoms with Crippen molar-refractivity contribution in [3.05, 3.63) is 41.3 Å². The monoisotopic (exact) mass is 359 g/mol. The van der Waals surface area contributed by atoms with Crippen molar-refractivity contribution in [3.63, 3.8) is 0 Å². The highest BCUT2D eigenvalue weighted by molar-refractivity contribution is 7.17. The molecule has 1 aliphatic rings. The molecule has 3 rings (SSSR count). The van der Waals surface area contributed by atoms with E-state index in [0.29, 0.717) is 30.2 Å². The number of rotatable bonds is 5. The van der Waals surface area contributed by atoms with Crippen LogP contribution in [0.25, 0.3) is 10.4 Å². The molecule has 2 unspecified atom stereocenters. The molecule has 6 heteroatoms. The van der Waals surface area contributed by atoms with Gasteiger partial charge in [-0.15, -0.1) is 11.3 Å². The molecule has 1 aromatic heterocycles. The number of carbonyl (C=O) groups is 2. The molecule has 0 bridgehead atoms. The van der Waals surface area contributed by atoms with Crippen LogP contribution in [-0.2, 0) is 4.79 Å². The molecule has 0 spiro atoms. The van der Waals surface area contributed by atoms with Gasteiger partial charge in [0.1, 0.15) is 10.6 Å². The highest BCUT2D eigenvalue weighted by Gasteiger charge is 2.39. The fraction of sp³-hybridized carbons (Fsp3) is 0.368. The van der Waals surface area contributed by atoms with Gasteiger partial charge in [-0.3, -0.25) is 9.59 Å². The van der Waals surface area contributed by atoms with Gasteiger partial charge < -0.3 is 14.7 Å². The number of carbonyl (C=O) groups excluding carboxylic acids is 1. The zero-order valence-electron chi connectivity index (χ0n) is 14.3. The van der Waals surface area contributed by atoms with Gasteiger partial charge in [0, 0.05) is 17.5 Å². The zero-order valence-corrected chi connectivity index (χ0v) is 15.1. The third-order valence-corrected chi connectivity index (χ3v) is 5.74. The maximum absolute atomic E-state index is 13.0. The molecule has 1 saturated heterocycles. The van der Waals surface area contributed by atoms with Crippen LogP contribution in [0.2, 0.25) is 0 Å². The van der Waals surface area contributed by atoms with E-state index in [4.69, 9.17) is 4.74 Å². The van der Waals surface area contributed by atoms with Crippen LogP contribution in [-0.4, -0.2) is 41.1 Å². The molecule has 132 valence electrons. The lowest BCUT2D eigenvalue weighted by Crippen LogP contribution is -2.37. The Morgan fingerprint density at radius 2 is 2.04 bits per heavy atom. The molecule has 1 aliphatic heterocycles. The van der Waals surface area contributed by atoms with Crippen LogP contribution in [0.4, 0.5) is 0 Å². The van der Waals surface area contributed by atoms with E-state index in [2.05, 4.69) is 0 Å². The lowest BCUT2D eigenvalue weighted by molar-refractivity contribution is -0.142. The fourth-order valence-electron chi connectivity index (χ4n) is 3.22. The Balaban J connectivity index is 1.92. The molecule has 0 radical (unpaired) electrons. The normalized spacial score (nSPS) is 19.8. The highest BCUT2D eigenvalue weighted by Crippen LogP contribution is 2.38. The van der Waals surface area contributed by atoms with Gasteiger partial charge in [-0.2, -0.15) is 0 Å². The molecule has 2 aromatic rings. The van der Waals surface area contributed by atoms with E-state index >= 15 is 0 Å². The van der Waals surface area contributed by atoms with Crippen molar-refractivity contribution in [2.24, 2.45) is 5.92 Å². The van der Waals surface area contributed by atoms with Gasteiger partial charge in [-0.05, 0) is 31.9 Å². The second-order valence-corrected chi connectivity index (χ2v) is 7.13. The van der Waals surface area contributed by atoms with Crippen LogP contribution >= 0.6 is 11.3 Å². The Morgan fingerprint density at radius 1 is 1.32 bits per heavy atom. The van der Waals surface area contributed by atoms with Gasteiger partial charge in [-0.1, -0.05) is 30.3 Å². The van der Waals surface area contributed by atoms with E-state index in [9.17, 15) is 14.7 Å². The van der Waals surface area contributed by atoms with E-state index in [0.717, 1.165) is 10.4 Å². The largest absolute Gasteiger partial charge is 0.492 e. The standard InChI is InChI=1S/C19H21NO4S/c1-3-24-15-11-16(13-7-5-4-6-8-13)25-17(15)18(21)20-10-9-14(12(20)2)19(22)23/h4-8,11-12,14H,3,9-10H2,1-2H3,(H,22,23). The topological polar surface area (TPSA) is 66.8 Å². The summed E-state index contributed by atoms with van der Waals surface area (Å²) in [6, 6.07) is 11.4. The molecule has 0 saturated carbocycles. The number of carboxylic acid groups (broad SMARTS) is 1. The first kappa shape index (κ1) is 17.5. The zero-order chi connectivity index (χ0) is 18.0. The molecule has 2 atom stereocenters. The number of hydrogen-bond acceptors (Lipinski definition) is 4. The second-order valence-electron chi connectivity index (χ2n) is 6.08. The fourth-order valence-corrected chi connectivity index (χ4v) is 4.28. The van der Waals surface area contributed by atoms with Gasteiger partial charge in [-0.25, -0.2) is 0 Å². The highest BCUT2D eigenvalue weighted by atomic mass is 32.1. The molecule has 1 amide bonds. The molecule has 25 heavy (non-hydrogen) atoms. The molecule has 0 aliphatic carbocycles. The van der Waals surface area contributed by atoms with E-state index in [1.807, 2.05) is 43.3 Å². The lowest BCUT2D eigenvalue weighted by atomic mass is 10.0. The molecule has 1 aromatic carbocycles. The van der Waals surface area contributed by atoms with Crippen molar-refractivity contribution in [2.75, 3.05) is 13.2 Å². The molecular formula is C19H21NO4S. The van der Waals surface area contributed by atoms with Crippen LogP contribution < -0.4 is 4.74 Å². The molecule has 2 heterocycles. The van der Waals surface area contributed by atoms with Crippen molar-refractivity contribution < 1.29 is 19.4 Å². The van der Waals surface area contributed by atoms with Crippen LogP contribution in [0.5, 0.6) is 5.75 Å². The Hall–Kier alpha value is -2.34. The average Bonchev–Trinajstić information content (AvgIpc) is 3.19. The van der Waals surface area contributed by atoms with Gasteiger partial charge in [0.2, 0.25) is 0 Å². The van der Waals surface area contributed by atoms with Crippen molar-refractivity contribution in [1.29, 1.82) is 0 Å². The van der Waals surface area contributed by atoms with Crippen LogP contribution in [0.3, 0.4) is 0 Å². The number of hydrogen-bond donors (Lipinski definition) is 1. The number of likely N-dealkylation sites (tertiary alicyclic amines) is 1. The summed E-state index contributed by atoms with van der Waals surface area (Å²) < 4.78 is 5.68. The number of thiophene rings is 1. The SMILES string of the molecule is CCOc1cc(-c2ccccc2)sc1C(=O)N1CCC(C(=O)O)C1C. The van der Waals surface area contributed by atoms with Crippen LogP contribution in [0.15, 0.2) is 36.4 Å². The van der Waals surface area contributed by atoms with Gasteiger partial charge >= 0.3 is 5.97 Å². The first-order valence-corrected chi connectivity index (χ1v) is 9.20. The Bertz CT molecular complexity index is 771. The minimum atomic E-state index is -0.844. The average molecular weight is 359 g/mol. The number of nitrogens with zero attached hydrogens (tertiary/aromatic N) is 1. The number of carboxylic acids is 1. The summed E-state index contributed by atoms with van der Waals surface area (Å²) in [5, 5.41) is 9.29. The second kappa shape index (κ2) is 7.27. The summed E-state index contributed by atoms with van der Waals surface area (Å²) in [6.45, 7) is 4.61. The van der Waals surface area contributed by atoms with E-state index in [1.165, 1.54) is 11.3 Å². The predicted molar refractivity (Wildman–Crippen MR) is 97.2 cm³/mol. The molecule has 5 nitrogen and oxygen atoms in total. The maximum atomic E-state index is 13.0. The van der Waals surface area contributed by atoms with Crippen molar-refractivity contribution in [3.8, 4) is 16.2 Å². The summed E-state index contributed by atoms with van der Waals surface area (Å²) in [6.07, 6.45) is 0.489. The third kappa shape index (κ3) is 3.39. The summed E-state index contributed by atoms with van der Waals surface area (Å²) in [5.74, 6) is -0.925. The van der Waals surface area contributed by atoms with Crippen LogP contribution in [0.1, 0.15) is 29.9 Å². The number of benzene rings is 1. The first-order chi connectivity index (χ1) is 12.0. The predicted octanol–water partition coefficient (Wildman–Crippen LogP) is 3.75. The number of aliphatic carboxylic acids is 1. The van der Waals surface area contributed by atoms with E-state index < -0.39 is 11.9 Å². The van der Waals surface area contributed by atoms with Gasteiger partial charge in [0.25, 0.3) is 5.91 Å². The van der Waals surface area contributed by atoms with Gasteiger partial charge in [0.15, 0.2) is 0 Å². The maximum Gasteiger partial charge on any atom is 0.308 e. The Kier molecular flexibility index (Phi) is 5.08. The minimum absolute atomic E-state index is 0.146. The van der Waals surface area contributed by atoms with Crippen LogP contribution in [0, 0.1) is 5.92 Å². The smallest absolute Gasteiger partial charge is 0.308 e. The third-order valence-electron chi connectivity index (χ3n) is 4.58. The minimum Gasteiger partial charge on any atom is -0.492 e. The number of amides is 1. The van der Waals surface area contributed by atoms with Crippen molar-refractivity contribution in [1.82, 2.24) is 4.90 Å². The summed E-state index contributed by atoms with van der Waals surface area (Å²) in [4.78, 5) is 27.5. The Morgan fingerprint density at radius 3 is 2.64 bits per heavy atom. The Labute approximate surface area is 150 Å². The first-order valence-electron chi connectivity index (χ1n) is 8.38. The van der Waals surface area contributed by atoms with E-state index in [-0.39, 0.29) is 11.9 Å². The molecule has 1 fully saturated rings. The summed E-state index contributed by atoms with van der Waals surface area (Å²) in [5.41, 5.74) is 1.03. The summed E-state index contributed by atoms with van der Waals surface area (Å²) >= 11 is 1.40. The number of ether oxygens (including phenoxy) is 1. The van der Waals surface area contributed by atoms with Gasteiger partial charge in [0.05, 0.1) is 12.5 Å². The molecular weight excluding hydrogens is 338 g/mol. The van der Waals surface area contributed by atoms with Crippen molar-refractivity contribution in [2.45, 2.75) is 26.3 Å².